The van der Waals surface area contributed by atoms with Gasteiger partial charge in [0.15, 0.2) is 0 Å². The van der Waals surface area contributed by atoms with Crippen LogP contribution in [-0.2, 0) is 6.00 Å². The van der Waals surface area contributed by atoms with E-state index in [1.807, 2.05) is 0 Å². The second-order valence-electron chi connectivity index (χ2n) is 1.12. The number of aromatic nitrogens is 2. The van der Waals surface area contributed by atoms with E-state index in [2.05, 4.69) is 5.10 Å². The van der Waals surface area contributed by atoms with E-state index >= 15 is 0 Å². The third kappa shape index (κ3) is 0.900. The van der Waals surface area contributed by atoms with Crippen molar-refractivity contribution in [2.24, 2.45) is 0 Å². The molecule has 1 aromatic rings. The maximum atomic E-state index is 10.5. The van der Waals surface area contributed by atoms with Crippen LogP contribution in [0, 0.1) is 0 Å². The lowest BCUT2D eigenvalue weighted by molar-refractivity contribution is 0.720. The number of rotatable bonds is 1. The highest BCUT2D eigenvalue weighted by molar-refractivity contribution is 7.06. The molecule has 0 saturated carbocycles. The summed E-state index contributed by atoms with van der Waals surface area (Å²) >= 11 is 6.32. The molecule has 44 valence electrons. The van der Waals surface area contributed by atoms with Gasteiger partial charge < -0.3 is 0 Å². The first kappa shape index (κ1) is 5.78. The van der Waals surface area contributed by atoms with Gasteiger partial charge in [0, 0.05) is 0 Å². The molecule has 0 aliphatic carbocycles. The molecule has 0 aromatic carbocycles. The maximum absolute atomic E-state index is 10.5. The van der Waals surface area contributed by atoms with Gasteiger partial charge >= 0.3 is 4.87 Å². The molecule has 8 heavy (non-hydrogen) atoms. The Balaban J connectivity index is 3.11. The van der Waals surface area contributed by atoms with E-state index < -0.39 is 0 Å². The van der Waals surface area contributed by atoms with Crippen molar-refractivity contribution in [1.82, 2.24) is 9.78 Å². The number of hydrogen-bond acceptors (Lipinski definition) is 3. The zero-order valence-electron chi connectivity index (χ0n) is 3.87. The van der Waals surface area contributed by atoms with Crippen molar-refractivity contribution in [3.05, 3.63) is 15.2 Å². The third-order valence-corrected chi connectivity index (χ3v) is 1.50. The minimum Gasteiger partial charge on any atom is -0.255 e. The van der Waals surface area contributed by atoms with Crippen molar-refractivity contribution in [2.75, 3.05) is 0 Å². The van der Waals surface area contributed by atoms with Crippen LogP contribution in [0.2, 0.25) is 0 Å². The minimum absolute atomic E-state index is 0.111. The number of halogens is 1. The summed E-state index contributed by atoms with van der Waals surface area (Å²) in [5.41, 5.74) is 1.46. The molecule has 1 aromatic heterocycles. The van der Waals surface area contributed by atoms with Crippen LogP contribution in [-0.4, -0.2) is 9.78 Å². The third-order valence-electron chi connectivity index (χ3n) is 0.664. The van der Waals surface area contributed by atoms with Gasteiger partial charge in [-0.15, -0.1) is 11.6 Å². The topological polar surface area (TPSA) is 34.9 Å². The highest BCUT2D eigenvalue weighted by atomic mass is 35.5. The van der Waals surface area contributed by atoms with E-state index in [0.717, 1.165) is 11.3 Å². The van der Waals surface area contributed by atoms with Gasteiger partial charge in [-0.3, -0.25) is 4.79 Å². The molecule has 1 heterocycles. The van der Waals surface area contributed by atoms with Crippen LogP contribution in [0.1, 0.15) is 0 Å². The Bertz CT molecular complexity index is 217. The molecule has 0 N–H and O–H groups in total. The molecule has 0 aliphatic rings. The fourth-order valence-corrected chi connectivity index (χ4v) is 1.04. The first-order chi connectivity index (χ1) is 3.84. The summed E-state index contributed by atoms with van der Waals surface area (Å²) in [5.74, 6) is 0. The molecule has 3 nitrogen and oxygen atoms in total. The lowest BCUT2D eigenvalue weighted by Gasteiger charge is -1.83. The number of nitrogens with zero attached hydrogens (tertiary/aromatic N) is 2. The van der Waals surface area contributed by atoms with Gasteiger partial charge in [-0.05, 0) is 0 Å². The standard InChI is InChI=1S/C3H3ClN2OS/c4-1-6-3(7)8-2-5-6/h2H,1H2. The van der Waals surface area contributed by atoms with E-state index in [1.165, 1.54) is 10.2 Å². The lowest BCUT2D eigenvalue weighted by Crippen LogP contribution is -2.11. The van der Waals surface area contributed by atoms with Gasteiger partial charge in [0.05, 0.1) is 0 Å². The maximum Gasteiger partial charge on any atom is 0.325 e. The SMILES string of the molecule is O=c1scnn1CCl. The summed E-state index contributed by atoms with van der Waals surface area (Å²) in [5, 5.41) is 3.62. The Hall–Kier alpha value is -0.350. The van der Waals surface area contributed by atoms with Gasteiger partial charge in [0.2, 0.25) is 0 Å². The molecule has 0 fully saturated rings. The van der Waals surface area contributed by atoms with Crippen LogP contribution in [0.25, 0.3) is 0 Å². The van der Waals surface area contributed by atoms with E-state index in [1.54, 1.807) is 0 Å². The van der Waals surface area contributed by atoms with Gasteiger partial charge in [0.25, 0.3) is 0 Å². The Morgan fingerprint density at radius 3 is 3.00 bits per heavy atom. The molecular formula is C3H3ClN2OS. The summed E-state index contributed by atoms with van der Waals surface area (Å²) < 4.78 is 1.19. The molecule has 0 amide bonds. The molecule has 0 saturated heterocycles. The Morgan fingerprint density at radius 2 is 2.75 bits per heavy atom. The Morgan fingerprint density at radius 1 is 2.00 bits per heavy atom. The van der Waals surface area contributed by atoms with Crippen molar-refractivity contribution >= 4 is 22.9 Å². The highest BCUT2D eigenvalue weighted by Gasteiger charge is 1.91. The molecule has 0 unspecified atom stereocenters. The summed E-state index contributed by atoms with van der Waals surface area (Å²) in [6.45, 7) is 0. The van der Waals surface area contributed by atoms with Crippen LogP contribution in [0.3, 0.4) is 0 Å². The van der Waals surface area contributed by atoms with Gasteiger partial charge in [-0.2, -0.15) is 5.10 Å². The van der Waals surface area contributed by atoms with Crippen molar-refractivity contribution in [1.29, 1.82) is 0 Å². The quantitative estimate of drug-likeness (QED) is 0.547. The minimum atomic E-state index is -0.111. The second-order valence-corrected chi connectivity index (χ2v) is 2.16. The van der Waals surface area contributed by atoms with Crippen LogP contribution in [0.4, 0.5) is 0 Å². The predicted molar refractivity (Wildman–Crippen MR) is 32.2 cm³/mol. The normalized spacial score (nSPS) is 9.62. The largest absolute Gasteiger partial charge is 0.325 e. The second kappa shape index (κ2) is 2.28. The predicted octanol–water partition coefficient (Wildman–Crippen LogP) is 0.501. The van der Waals surface area contributed by atoms with E-state index in [-0.39, 0.29) is 10.9 Å². The van der Waals surface area contributed by atoms with Crippen molar-refractivity contribution in [2.45, 2.75) is 6.00 Å². The summed E-state index contributed by atoms with van der Waals surface area (Å²) in [6.07, 6.45) is 0. The summed E-state index contributed by atoms with van der Waals surface area (Å²) in [6, 6.07) is 0.141. The molecule has 0 bridgehead atoms. The molecule has 0 atom stereocenters. The first-order valence-electron chi connectivity index (χ1n) is 1.91. The number of alkyl halides is 1. The van der Waals surface area contributed by atoms with E-state index in [0.29, 0.717) is 0 Å². The Kier molecular flexibility index (Phi) is 1.65. The van der Waals surface area contributed by atoms with Crippen LogP contribution < -0.4 is 4.87 Å². The fraction of sp³-hybridized carbons (Fsp3) is 0.333. The molecule has 1 rings (SSSR count). The van der Waals surface area contributed by atoms with E-state index in [4.69, 9.17) is 11.6 Å². The first-order valence-corrected chi connectivity index (χ1v) is 3.32. The van der Waals surface area contributed by atoms with Gasteiger partial charge in [-0.1, -0.05) is 11.3 Å². The smallest absolute Gasteiger partial charge is 0.255 e. The van der Waals surface area contributed by atoms with Crippen LogP contribution >= 0.6 is 22.9 Å². The monoisotopic (exact) mass is 150 g/mol. The zero-order valence-corrected chi connectivity index (χ0v) is 5.45. The van der Waals surface area contributed by atoms with Crippen LogP contribution in [0.5, 0.6) is 0 Å². The van der Waals surface area contributed by atoms with Gasteiger partial charge in [0.1, 0.15) is 11.5 Å². The molecule has 0 spiro atoms. The average molecular weight is 151 g/mol. The Labute approximate surface area is 54.5 Å². The van der Waals surface area contributed by atoms with Crippen molar-refractivity contribution in [3.8, 4) is 0 Å². The average Bonchev–Trinajstić information content (AvgIpc) is 2.14. The number of hydrogen-bond donors (Lipinski definition) is 0. The fourth-order valence-electron chi connectivity index (χ4n) is 0.313. The van der Waals surface area contributed by atoms with Crippen molar-refractivity contribution in [3.63, 3.8) is 0 Å². The molecule has 0 aliphatic heterocycles. The summed E-state index contributed by atoms with van der Waals surface area (Å²) in [4.78, 5) is 10.4. The molecular weight excluding hydrogens is 148 g/mol. The summed E-state index contributed by atoms with van der Waals surface area (Å²) in [7, 11) is 0. The molecule has 5 heteroatoms. The van der Waals surface area contributed by atoms with Crippen molar-refractivity contribution < 1.29 is 0 Å². The van der Waals surface area contributed by atoms with E-state index in [9.17, 15) is 4.79 Å². The highest BCUT2D eigenvalue weighted by Crippen LogP contribution is 1.84. The lowest BCUT2D eigenvalue weighted by atomic mass is 11.2. The van der Waals surface area contributed by atoms with Gasteiger partial charge in [-0.25, -0.2) is 4.68 Å². The zero-order chi connectivity index (χ0) is 5.98. The van der Waals surface area contributed by atoms with Crippen LogP contribution in [0.15, 0.2) is 10.3 Å². The molecule has 0 radical (unpaired) electrons.